The van der Waals surface area contributed by atoms with Gasteiger partial charge in [-0.1, -0.05) is 26.3 Å². The number of carboxylic acids is 1. The average molecular weight is 269 g/mol. The SMILES string of the molecule is C=CC(=O)O.C=CC(N)=O.C=CC[N+](C)(C)CC=C. The quantitative estimate of drug-likeness (QED) is 0.434. The number of hydrogen-bond acceptors (Lipinski definition) is 2. The number of quaternary nitrogens is 1. The molecule has 0 aromatic heterocycles. The van der Waals surface area contributed by atoms with Gasteiger partial charge in [0, 0.05) is 6.08 Å². The minimum atomic E-state index is -0.981. The molecule has 5 nitrogen and oxygen atoms in total. The van der Waals surface area contributed by atoms with Crippen molar-refractivity contribution in [3.05, 3.63) is 50.6 Å². The van der Waals surface area contributed by atoms with E-state index in [9.17, 15) is 9.59 Å². The molecular weight excluding hydrogens is 244 g/mol. The number of rotatable bonds is 6. The third-order valence-corrected chi connectivity index (χ3v) is 1.62. The van der Waals surface area contributed by atoms with Crippen LogP contribution in [0.3, 0.4) is 0 Å². The number of likely N-dealkylation sites (N-methyl/N-ethyl adjacent to an activating group) is 1. The second kappa shape index (κ2) is 13.9. The number of amides is 1. The molecule has 0 aliphatic carbocycles. The number of hydrogen-bond donors (Lipinski definition) is 2. The highest BCUT2D eigenvalue weighted by Gasteiger charge is 2.07. The monoisotopic (exact) mass is 269 g/mol. The zero-order valence-electron chi connectivity index (χ0n) is 11.8. The smallest absolute Gasteiger partial charge is 0.327 e. The average Bonchev–Trinajstić information content (AvgIpc) is 2.30. The van der Waals surface area contributed by atoms with Crippen LogP contribution in [0.2, 0.25) is 0 Å². The molecule has 0 rings (SSSR count). The maximum absolute atomic E-state index is 9.47. The lowest BCUT2D eigenvalue weighted by atomic mass is 10.4. The van der Waals surface area contributed by atoms with Gasteiger partial charge in [0.25, 0.3) is 0 Å². The molecule has 0 atom stereocenters. The predicted octanol–water partition coefficient (Wildman–Crippen LogP) is 1.35. The summed E-state index contributed by atoms with van der Waals surface area (Å²) < 4.78 is 0.951. The van der Waals surface area contributed by atoms with Gasteiger partial charge in [0.1, 0.15) is 0 Å². The Morgan fingerprint density at radius 1 is 1.05 bits per heavy atom. The molecule has 0 saturated carbocycles. The summed E-state index contributed by atoms with van der Waals surface area (Å²) in [5.74, 6) is -1.46. The summed E-state index contributed by atoms with van der Waals surface area (Å²) in [4.78, 5) is 18.7. The van der Waals surface area contributed by atoms with Crippen LogP contribution >= 0.6 is 0 Å². The van der Waals surface area contributed by atoms with Crippen LogP contribution in [0.5, 0.6) is 0 Å². The number of aliphatic carboxylic acids is 1. The Bertz CT molecular complexity index is 291. The number of nitrogens with zero attached hydrogens (tertiary/aromatic N) is 1. The molecule has 108 valence electrons. The fourth-order valence-corrected chi connectivity index (χ4v) is 0.774. The molecule has 0 aliphatic heterocycles. The standard InChI is InChI=1S/C8H16N.C3H5NO.C3H4O2/c1-5-7-9(3,4)8-6-2;2*1-2-3(4)5/h5-6H,1-2,7-8H2,3-4H3;2H,1H2,(H2,4,5);2H,1H2,(H,4,5)/q+1;;. The molecule has 0 aliphatic rings. The lowest BCUT2D eigenvalue weighted by molar-refractivity contribution is -0.878. The van der Waals surface area contributed by atoms with Gasteiger partial charge in [0.2, 0.25) is 5.91 Å². The first-order chi connectivity index (χ1) is 8.66. The fraction of sp³-hybridized carbons (Fsp3) is 0.286. The van der Waals surface area contributed by atoms with Gasteiger partial charge >= 0.3 is 5.97 Å². The predicted molar refractivity (Wildman–Crippen MR) is 79.5 cm³/mol. The van der Waals surface area contributed by atoms with Crippen molar-refractivity contribution in [2.75, 3.05) is 27.2 Å². The van der Waals surface area contributed by atoms with Gasteiger partial charge in [0.05, 0.1) is 27.2 Å². The van der Waals surface area contributed by atoms with E-state index in [-0.39, 0.29) is 0 Å². The van der Waals surface area contributed by atoms with Crippen LogP contribution in [-0.4, -0.2) is 48.7 Å². The van der Waals surface area contributed by atoms with E-state index in [1.54, 1.807) is 0 Å². The third-order valence-electron chi connectivity index (χ3n) is 1.62. The molecule has 0 aromatic rings. The summed E-state index contributed by atoms with van der Waals surface area (Å²) in [5, 5.41) is 7.60. The summed E-state index contributed by atoms with van der Waals surface area (Å²) in [6.45, 7) is 15.4. The van der Waals surface area contributed by atoms with Crippen molar-refractivity contribution in [1.29, 1.82) is 0 Å². The number of nitrogens with two attached hydrogens (primary N) is 1. The zero-order chi connectivity index (χ0) is 15.9. The van der Waals surface area contributed by atoms with Crippen molar-refractivity contribution >= 4 is 11.9 Å². The number of carbonyl (C=O) groups is 2. The minimum Gasteiger partial charge on any atom is -0.478 e. The van der Waals surface area contributed by atoms with Gasteiger partial charge in [0.15, 0.2) is 0 Å². The fourth-order valence-electron chi connectivity index (χ4n) is 0.774. The minimum absolute atomic E-state index is 0.481. The van der Waals surface area contributed by atoms with Crippen LogP contribution in [0.15, 0.2) is 50.6 Å². The second-order valence-electron chi connectivity index (χ2n) is 4.03. The van der Waals surface area contributed by atoms with E-state index < -0.39 is 11.9 Å². The van der Waals surface area contributed by atoms with Crippen LogP contribution in [0.4, 0.5) is 0 Å². The molecule has 1 amide bonds. The molecule has 0 bridgehead atoms. The van der Waals surface area contributed by atoms with Crippen molar-refractivity contribution < 1.29 is 19.2 Å². The van der Waals surface area contributed by atoms with Gasteiger partial charge < -0.3 is 15.3 Å². The van der Waals surface area contributed by atoms with E-state index in [4.69, 9.17) is 5.11 Å². The molecule has 0 radical (unpaired) electrons. The van der Waals surface area contributed by atoms with Crippen LogP contribution < -0.4 is 5.73 Å². The molecule has 0 unspecified atom stereocenters. The van der Waals surface area contributed by atoms with Gasteiger partial charge in [-0.25, -0.2) is 4.79 Å². The van der Waals surface area contributed by atoms with E-state index in [0.717, 1.165) is 29.7 Å². The zero-order valence-corrected chi connectivity index (χ0v) is 11.8. The summed E-state index contributed by atoms with van der Waals surface area (Å²) in [7, 11) is 4.31. The van der Waals surface area contributed by atoms with Crippen molar-refractivity contribution in [2.24, 2.45) is 5.73 Å². The third kappa shape index (κ3) is 31.3. The maximum atomic E-state index is 9.47. The Balaban J connectivity index is -0.000000219. The van der Waals surface area contributed by atoms with Gasteiger partial charge in [-0.2, -0.15) is 0 Å². The molecular formula is C14H25N2O3+. The normalized spacial score (nSPS) is 8.53. The summed E-state index contributed by atoms with van der Waals surface area (Å²) in [6, 6.07) is 0. The molecule has 0 aromatic carbocycles. The molecule has 19 heavy (non-hydrogen) atoms. The molecule has 3 N–H and O–H groups in total. The first kappa shape index (κ1) is 22.1. The Labute approximate surface area is 115 Å². The highest BCUT2D eigenvalue weighted by molar-refractivity contribution is 5.84. The Morgan fingerprint density at radius 3 is 1.42 bits per heavy atom. The summed E-state index contributed by atoms with van der Waals surface area (Å²) in [6.07, 6.45) is 5.76. The topological polar surface area (TPSA) is 80.4 Å². The Morgan fingerprint density at radius 2 is 1.32 bits per heavy atom. The van der Waals surface area contributed by atoms with E-state index in [1.807, 2.05) is 12.2 Å². The van der Waals surface area contributed by atoms with E-state index >= 15 is 0 Å². The van der Waals surface area contributed by atoms with Crippen molar-refractivity contribution in [2.45, 2.75) is 0 Å². The number of carbonyl (C=O) groups excluding carboxylic acids is 1. The molecule has 0 heterocycles. The van der Waals surface area contributed by atoms with Crippen LogP contribution in [-0.2, 0) is 9.59 Å². The molecule has 0 spiro atoms. The van der Waals surface area contributed by atoms with Crippen LogP contribution in [0.25, 0.3) is 0 Å². The Kier molecular flexibility index (Phi) is 16.2. The van der Waals surface area contributed by atoms with Crippen LogP contribution in [0.1, 0.15) is 0 Å². The lowest BCUT2D eigenvalue weighted by Crippen LogP contribution is -2.39. The van der Waals surface area contributed by atoms with Gasteiger partial charge in [-0.05, 0) is 18.2 Å². The summed E-state index contributed by atoms with van der Waals surface area (Å²) >= 11 is 0. The highest BCUT2D eigenvalue weighted by atomic mass is 16.4. The number of primary amides is 1. The number of carboxylic acid groups (broad SMARTS) is 1. The Hall–Kier alpha value is -2.14. The van der Waals surface area contributed by atoms with Crippen LogP contribution in [0, 0.1) is 0 Å². The molecule has 0 saturated heterocycles. The first-order valence-corrected chi connectivity index (χ1v) is 5.47. The lowest BCUT2D eigenvalue weighted by Gasteiger charge is -2.26. The van der Waals surface area contributed by atoms with E-state index in [1.165, 1.54) is 0 Å². The second-order valence-corrected chi connectivity index (χ2v) is 4.03. The molecule has 5 heteroatoms. The van der Waals surface area contributed by atoms with Crippen molar-refractivity contribution in [1.82, 2.24) is 0 Å². The first-order valence-electron chi connectivity index (χ1n) is 5.47. The molecule has 0 fully saturated rings. The maximum Gasteiger partial charge on any atom is 0.327 e. The van der Waals surface area contributed by atoms with E-state index in [2.05, 4.69) is 46.1 Å². The highest BCUT2D eigenvalue weighted by Crippen LogP contribution is 1.95. The van der Waals surface area contributed by atoms with E-state index in [0.29, 0.717) is 0 Å². The van der Waals surface area contributed by atoms with Crippen molar-refractivity contribution in [3.8, 4) is 0 Å². The van der Waals surface area contributed by atoms with Gasteiger partial charge in [-0.3, -0.25) is 4.79 Å². The van der Waals surface area contributed by atoms with Crippen molar-refractivity contribution in [3.63, 3.8) is 0 Å². The van der Waals surface area contributed by atoms with Gasteiger partial charge in [-0.15, -0.1) is 0 Å². The largest absolute Gasteiger partial charge is 0.478 e. The summed E-state index contributed by atoms with van der Waals surface area (Å²) in [5.41, 5.74) is 4.53.